The largest absolute Gasteiger partial charge is 0.464 e. The van der Waals surface area contributed by atoms with Crippen molar-refractivity contribution in [1.82, 2.24) is 9.62 Å². The average molecular weight is 439 g/mol. The first-order valence-electron chi connectivity index (χ1n) is 9.27. The second-order valence-electron chi connectivity index (χ2n) is 6.95. The SMILES string of the molecule is CCOC(=O)[C@H](CC(C)C)NC(=O)C1=CSC=CN1S(=O)(=O)c1ccc(C)cc1. The summed E-state index contributed by atoms with van der Waals surface area (Å²) < 4.78 is 32.1. The van der Waals surface area contributed by atoms with Crippen LogP contribution in [0.4, 0.5) is 0 Å². The molecule has 0 spiro atoms. The van der Waals surface area contributed by atoms with E-state index in [-0.39, 0.29) is 23.1 Å². The molecule has 7 nitrogen and oxygen atoms in total. The summed E-state index contributed by atoms with van der Waals surface area (Å²) in [5.74, 6) is -1.06. The van der Waals surface area contributed by atoms with E-state index in [1.54, 1.807) is 24.5 Å². The highest BCUT2D eigenvalue weighted by Crippen LogP contribution is 2.28. The molecule has 0 radical (unpaired) electrons. The lowest BCUT2D eigenvalue weighted by Gasteiger charge is -2.26. The highest BCUT2D eigenvalue weighted by molar-refractivity contribution is 8.05. The van der Waals surface area contributed by atoms with Crippen LogP contribution in [0.15, 0.2) is 51.9 Å². The normalized spacial score (nSPS) is 15.1. The zero-order valence-corrected chi connectivity index (χ0v) is 18.5. The standard InChI is InChI=1S/C20H26N2O5S2/c1-5-27-20(24)17(12-14(2)3)21-19(23)18-13-28-11-10-22(18)29(25,26)16-8-6-15(4)7-9-16/h6-11,13-14,17H,5,12H2,1-4H3,(H,21,23)/t17-/m0/s1. The third-order valence-electron chi connectivity index (χ3n) is 4.09. The van der Waals surface area contributed by atoms with Gasteiger partial charge in [-0.25, -0.2) is 17.5 Å². The molecule has 1 atom stereocenters. The van der Waals surface area contributed by atoms with Gasteiger partial charge in [0.05, 0.1) is 11.5 Å². The second-order valence-corrected chi connectivity index (χ2v) is 9.54. The lowest BCUT2D eigenvalue weighted by atomic mass is 10.0. The molecular formula is C20H26N2O5S2. The number of benzene rings is 1. The van der Waals surface area contributed by atoms with Gasteiger partial charge >= 0.3 is 5.97 Å². The van der Waals surface area contributed by atoms with E-state index in [1.165, 1.54) is 35.5 Å². The molecule has 9 heteroatoms. The molecule has 2 rings (SSSR count). The monoisotopic (exact) mass is 438 g/mol. The lowest BCUT2D eigenvalue weighted by molar-refractivity contribution is -0.147. The molecular weight excluding hydrogens is 412 g/mol. The van der Waals surface area contributed by atoms with Crippen LogP contribution in [-0.4, -0.2) is 37.2 Å². The topological polar surface area (TPSA) is 92.8 Å². The van der Waals surface area contributed by atoms with Gasteiger partial charge in [-0.05, 0) is 43.7 Å². The van der Waals surface area contributed by atoms with E-state index in [2.05, 4.69) is 5.32 Å². The van der Waals surface area contributed by atoms with Gasteiger partial charge in [-0.1, -0.05) is 31.5 Å². The number of carbonyl (C=O) groups is 2. The first kappa shape index (κ1) is 23.0. The van der Waals surface area contributed by atoms with Gasteiger partial charge in [-0.2, -0.15) is 0 Å². The van der Waals surface area contributed by atoms with Crippen LogP contribution in [0.5, 0.6) is 0 Å². The van der Waals surface area contributed by atoms with Gasteiger partial charge in [0.2, 0.25) is 0 Å². The second kappa shape index (κ2) is 9.98. The molecule has 1 heterocycles. The third kappa shape index (κ3) is 5.86. The molecule has 0 saturated heterocycles. The Labute approximate surface area is 176 Å². The maximum Gasteiger partial charge on any atom is 0.328 e. The smallest absolute Gasteiger partial charge is 0.328 e. The Balaban J connectivity index is 2.28. The maximum absolute atomic E-state index is 13.1. The first-order chi connectivity index (χ1) is 13.7. The summed E-state index contributed by atoms with van der Waals surface area (Å²) in [5.41, 5.74) is 0.851. The zero-order valence-electron chi connectivity index (χ0n) is 16.9. The van der Waals surface area contributed by atoms with E-state index in [1.807, 2.05) is 20.8 Å². The molecule has 0 aromatic heterocycles. The van der Waals surface area contributed by atoms with E-state index >= 15 is 0 Å². The number of nitrogens with one attached hydrogen (secondary N) is 1. The molecule has 1 amide bonds. The van der Waals surface area contributed by atoms with Crippen molar-refractivity contribution in [2.24, 2.45) is 5.92 Å². The molecule has 1 aromatic carbocycles. The van der Waals surface area contributed by atoms with Gasteiger partial charge in [0.25, 0.3) is 15.9 Å². The minimum atomic E-state index is -3.97. The Morgan fingerprint density at radius 2 is 1.86 bits per heavy atom. The van der Waals surface area contributed by atoms with Gasteiger partial charge < -0.3 is 10.1 Å². The molecule has 0 fully saturated rings. The van der Waals surface area contributed by atoms with Crippen LogP contribution in [0.1, 0.15) is 32.8 Å². The number of thioether (sulfide) groups is 1. The van der Waals surface area contributed by atoms with Crippen LogP contribution < -0.4 is 5.32 Å². The molecule has 1 aliphatic heterocycles. The van der Waals surface area contributed by atoms with Crippen molar-refractivity contribution in [1.29, 1.82) is 0 Å². The molecule has 1 N–H and O–H groups in total. The summed E-state index contributed by atoms with van der Waals surface area (Å²) in [6.07, 6.45) is 1.71. The first-order valence-corrected chi connectivity index (χ1v) is 11.7. The lowest BCUT2D eigenvalue weighted by Crippen LogP contribution is -2.46. The fraction of sp³-hybridized carbons (Fsp3) is 0.400. The van der Waals surface area contributed by atoms with Crippen LogP contribution >= 0.6 is 11.8 Å². The predicted octanol–water partition coefficient (Wildman–Crippen LogP) is 3.14. The number of hydrogen-bond donors (Lipinski definition) is 1. The fourth-order valence-corrected chi connectivity index (χ4v) is 4.76. The van der Waals surface area contributed by atoms with E-state index < -0.39 is 27.9 Å². The van der Waals surface area contributed by atoms with Gasteiger partial charge in [-0.3, -0.25) is 4.79 Å². The minimum Gasteiger partial charge on any atom is -0.464 e. The van der Waals surface area contributed by atoms with Crippen LogP contribution in [0.25, 0.3) is 0 Å². The Morgan fingerprint density at radius 1 is 1.21 bits per heavy atom. The number of amides is 1. The van der Waals surface area contributed by atoms with Gasteiger partial charge in [0.15, 0.2) is 0 Å². The Morgan fingerprint density at radius 3 is 2.45 bits per heavy atom. The molecule has 158 valence electrons. The van der Waals surface area contributed by atoms with Crippen molar-refractivity contribution in [3.8, 4) is 0 Å². The van der Waals surface area contributed by atoms with Gasteiger partial charge in [0.1, 0.15) is 11.7 Å². The molecule has 1 aromatic rings. The number of ether oxygens (including phenoxy) is 1. The summed E-state index contributed by atoms with van der Waals surface area (Å²) in [7, 11) is -3.97. The Hall–Kier alpha value is -2.26. The van der Waals surface area contributed by atoms with Gasteiger partial charge in [-0.15, -0.1) is 11.8 Å². The van der Waals surface area contributed by atoms with Crippen LogP contribution in [0.3, 0.4) is 0 Å². The number of carbonyl (C=O) groups excluding carboxylic acids is 2. The zero-order chi connectivity index (χ0) is 21.6. The van der Waals surface area contributed by atoms with E-state index in [9.17, 15) is 18.0 Å². The molecule has 0 unspecified atom stereocenters. The third-order valence-corrected chi connectivity index (χ3v) is 6.43. The fourth-order valence-electron chi connectivity index (χ4n) is 2.67. The summed E-state index contributed by atoms with van der Waals surface area (Å²) in [6, 6.07) is 5.52. The van der Waals surface area contributed by atoms with E-state index in [4.69, 9.17) is 4.74 Å². The number of sulfonamides is 1. The molecule has 29 heavy (non-hydrogen) atoms. The number of aryl methyl sites for hydroxylation is 1. The summed E-state index contributed by atoms with van der Waals surface area (Å²) in [6.45, 7) is 7.58. The number of hydrogen-bond acceptors (Lipinski definition) is 6. The highest BCUT2D eigenvalue weighted by atomic mass is 32.2. The summed E-state index contributed by atoms with van der Waals surface area (Å²) >= 11 is 1.18. The maximum atomic E-state index is 13.1. The van der Waals surface area contributed by atoms with Crippen molar-refractivity contribution in [3.63, 3.8) is 0 Å². The molecule has 0 bridgehead atoms. The predicted molar refractivity (Wildman–Crippen MR) is 113 cm³/mol. The quantitative estimate of drug-likeness (QED) is 0.627. The van der Waals surface area contributed by atoms with Gasteiger partial charge in [0, 0.05) is 11.6 Å². The van der Waals surface area contributed by atoms with Crippen LogP contribution in [0.2, 0.25) is 0 Å². The van der Waals surface area contributed by atoms with Crippen molar-refractivity contribution in [2.75, 3.05) is 6.61 Å². The minimum absolute atomic E-state index is 0.0717. The number of nitrogens with zero attached hydrogens (tertiary/aromatic N) is 1. The van der Waals surface area contributed by atoms with Crippen molar-refractivity contribution < 1.29 is 22.7 Å². The number of esters is 1. The number of rotatable bonds is 8. The Bertz CT molecular complexity index is 905. The molecule has 1 aliphatic rings. The summed E-state index contributed by atoms with van der Waals surface area (Å²) in [4.78, 5) is 25.2. The van der Waals surface area contributed by atoms with Crippen molar-refractivity contribution in [3.05, 3.63) is 52.5 Å². The van der Waals surface area contributed by atoms with Crippen molar-refractivity contribution >= 4 is 33.7 Å². The van der Waals surface area contributed by atoms with Crippen LogP contribution in [-0.2, 0) is 24.3 Å². The average Bonchev–Trinajstić information content (AvgIpc) is 2.67. The summed E-state index contributed by atoms with van der Waals surface area (Å²) in [5, 5.41) is 5.64. The van der Waals surface area contributed by atoms with E-state index in [0.29, 0.717) is 6.42 Å². The van der Waals surface area contributed by atoms with Crippen molar-refractivity contribution in [2.45, 2.75) is 45.1 Å². The molecule has 0 aliphatic carbocycles. The molecule has 0 saturated carbocycles. The Kier molecular flexibility index (Phi) is 7.92. The van der Waals surface area contributed by atoms with E-state index in [0.717, 1.165) is 9.87 Å². The highest BCUT2D eigenvalue weighted by Gasteiger charge is 2.32. The van der Waals surface area contributed by atoms with Crippen LogP contribution in [0, 0.1) is 12.8 Å².